The molecule has 1 aromatic carbocycles. The van der Waals surface area contributed by atoms with E-state index in [-0.39, 0.29) is 6.61 Å². The van der Waals surface area contributed by atoms with Crippen LogP contribution in [0.15, 0.2) is 47.5 Å². The maximum atomic E-state index is 9.02. The number of hydrogen-bond donors (Lipinski definition) is 2. The molecule has 0 saturated heterocycles. The molecule has 0 bridgehead atoms. The third-order valence-electron chi connectivity index (χ3n) is 3.01. The second-order valence-electron chi connectivity index (χ2n) is 4.40. The number of imidazole rings is 1. The van der Waals surface area contributed by atoms with Crippen molar-refractivity contribution in [3.05, 3.63) is 58.6 Å². The van der Waals surface area contributed by atoms with Crippen LogP contribution in [0.4, 0.5) is 5.82 Å². The molecule has 2 aromatic heterocycles. The van der Waals surface area contributed by atoms with Gasteiger partial charge in [0.1, 0.15) is 4.60 Å². The summed E-state index contributed by atoms with van der Waals surface area (Å²) in [5.74, 6) is 0.732. The molecule has 0 spiro atoms. The summed E-state index contributed by atoms with van der Waals surface area (Å²) >= 11 is 3.39. The first-order valence-corrected chi connectivity index (χ1v) is 6.97. The van der Waals surface area contributed by atoms with Crippen molar-refractivity contribution in [2.75, 3.05) is 5.32 Å². The third kappa shape index (κ3) is 2.66. The van der Waals surface area contributed by atoms with E-state index in [1.807, 2.05) is 41.1 Å². The summed E-state index contributed by atoms with van der Waals surface area (Å²) in [6, 6.07) is 7.80. The molecule has 3 aromatic rings. The fraction of sp³-hybridized carbons (Fsp3) is 0.143. The van der Waals surface area contributed by atoms with Crippen LogP contribution in [0.3, 0.4) is 0 Å². The zero-order valence-electron chi connectivity index (χ0n) is 10.6. The lowest BCUT2D eigenvalue weighted by molar-refractivity contribution is 0.282. The third-order valence-corrected chi connectivity index (χ3v) is 3.39. The molecule has 20 heavy (non-hydrogen) atoms. The van der Waals surface area contributed by atoms with Crippen molar-refractivity contribution in [3.63, 3.8) is 0 Å². The Morgan fingerprint density at radius 2 is 1.95 bits per heavy atom. The van der Waals surface area contributed by atoms with Gasteiger partial charge in [-0.3, -0.25) is 0 Å². The second kappa shape index (κ2) is 5.60. The van der Waals surface area contributed by atoms with Crippen molar-refractivity contribution < 1.29 is 5.11 Å². The van der Waals surface area contributed by atoms with Crippen molar-refractivity contribution in [2.45, 2.75) is 13.2 Å². The Morgan fingerprint density at radius 3 is 2.70 bits per heavy atom. The molecule has 0 amide bonds. The van der Waals surface area contributed by atoms with Crippen LogP contribution >= 0.6 is 15.9 Å². The van der Waals surface area contributed by atoms with E-state index in [2.05, 4.69) is 31.2 Å². The standard InChI is InChI=1S/C14H13BrN4O/c15-12-8-19-6-5-16-14(19)13(18-12)17-7-10-1-3-11(9-20)4-2-10/h1-6,8,20H,7,9H2,(H,17,18). The highest BCUT2D eigenvalue weighted by atomic mass is 79.9. The fourth-order valence-electron chi connectivity index (χ4n) is 1.97. The normalized spacial score (nSPS) is 10.9. The molecule has 0 fully saturated rings. The molecule has 0 radical (unpaired) electrons. The average Bonchev–Trinajstić information content (AvgIpc) is 2.93. The van der Waals surface area contributed by atoms with Crippen molar-refractivity contribution in [1.82, 2.24) is 14.4 Å². The smallest absolute Gasteiger partial charge is 0.180 e. The first kappa shape index (κ1) is 13.1. The van der Waals surface area contributed by atoms with E-state index in [4.69, 9.17) is 5.11 Å². The van der Waals surface area contributed by atoms with Crippen molar-refractivity contribution in [1.29, 1.82) is 0 Å². The Kier molecular flexibility index (Phi) is 3.66. The quantitative estimate of drug-likeness (QED) is 0.770. The van der Waals surface area contributed by atoms with Crippen LogP contribution in [-0.2, 0) is 13.2 Å². The van der Waals surface area contributed by atoms with E-state index in [9.17, 15) is 0 Å². The van der Waals surface area contributed by atoms with Crippen LogP contribution in [0.5, 0.6) is 0 Å². The van der Waals surface area contributed by atoms with Crippen LogP contribution < -0.4 is 5.32 Å². The number of benzene rings is 1. The first-order chi connectivity index (χ1) is 9.76. The Balaban J connectivity index is 1.80. The molecular weight excluding hydrogens is 320 g/mol. The SMILES string of the molecule is OCc1ccc(CNc2nc(Br)cn3ccnc23)cc1. The number of fused-ring (bicyclic) bond motifs is 1. The highest BCUT2D eigenvalue weighted by molar-refractivity contribution is 9.10. The lowest BCUT2D eigenvalue weighted by Crippen LogP contribution is -2.04. The lowest BCUT2D eigenvalue weighted by atomic mass is 10.1. The van der Waals surface area contributed by atoms with Gasteiger partial charge in [-0.25, -0.2) is 9.97 Å². The highest BCUT2D eigenvalue weighted by Gasteiger charge is 2.06. The summed E-state index contributed by atoms with van der Waals surface area (Å²) in [5, 5.41) is 12.3. The van der Waals surface area contributed by atoms with Crippen LogP contribution in [0.25, 0.3) is 5.65 Å². The van der Waals surface area contributed by atoms with Crippen molar-refractivity contribution in [3.8, 4) is 0 Å². The minimum Gasteiger partial charge on any atom is -0.392 e. The number of aliphatic hydroxyl groups is 1. The monoisotopic (exact) mass is 332 g/mol. The molecule has 2 N–H and O–H groups in total. The predicted molar refractivity (Wildman–Crippen MR) is 80.4 cm³/mol. The lowest BCUT2D eigenvalue weighted by Gasteiger charge is -2.08. The molecule has 0 saturated carbocycles. The summed E-state index contributed by atoms with van der Waals surface area (Å²) in [5.41, 5.74) is 2.82. The number of nitrogens with zero attached hydrogens (tertiary/aromatic N) is 3. The van der Waals surface area contributed by atoms with Crippen LogP contribution in [0, 0.1) is 0 Å². The largest absolute Gasteiger partial charge is 0.392 e. The van der Waals surface area contributed by atoms with Gasteiger partial charge < -0.3 is 14.8 Å². The number of aliphatic hydroxyl groups excluding tert-OH is 1. The number of nitrogens with one attached hydrogen (secondary N) is 1. The van der Waals surface area contributed by atoms with Gasteiger partial charge >= 0.3 is 0 Å². The molecule has 0 aliphatic carbocycles. The minimum absolute atomic E-state index is 0.0651. The summed E-state index contributed by atoms with van der Waals surface area (Å²) in [6.45, 7) is 0.716. The van der Waals surface area contributed by atoms with Gasteiger partial charge in [0.15, 0.2) is 11.5 Å². The maximum Gasteiger partial charge on any atom is 0.180 e. The molecule has 5 nitrogen and oxygen atoms in total. The first-order valence-electron chi connectivity index (χ1n) is 6.18. The number of anilines is 1. The Hall–Kier alpha value is -1.92. The second-order valence-corrected chi connectivity index (χ2v) is 5.21. The van der Waals surface area contributed by atoms with E-state index in [0.717, 1.165) is 27.2 Å². The van der Waals surface area contributed by atoms with Crippen molar-refractivity contribution >= 4 is 27.4 Å². The van der Waals surface area contributed by atoms with Gasteiger partial charge in [0.25, 0.3) is 0 Å². The zero-order valence-corrected chi connectivity index (χ0v) is 12.2. The molecule has 102 valence electrons. The van der Waals surface area contributed by atoms with E-state index in [1.165, 1.54) is 0 Å². The van der Waals surface area contributed by atoms with E-state index in [1.54, 1.807) is 6.20 Å². The molecular formula is C14H13BrN4O. The Labute approximate surface area is 124 Å². The van der Waals surface area contributed by atoms with Crippen LogP contribution in [0.1, 0.15) is 11.1 Å². The van der Waals surface area contributed by atoms with Gasteiger partial charge in [0.2, 0.25) is 0 Å². The fourth-order valence-corrected chi connectivity index (χ4v) is 2.37. The molecule has 2 heterocycles. The van der Waals surface area contributed by atoms with Gasteiger partial charge in [-0.2, -0.15) is 0 Å². The van der Waals surface area contributed by atoms with Crippen LogP contribution in [-0.4, -0.2) is 19.5 Å². The molecule has 3 rings (SSSR count). The van der Waals surface area contributed by atoms with Crippen molar-refractivity contribution in [2.24, 2.45) is 0 Å². The summed E-state index contributed by atoms with van der Waals surface area (Å²) in [4.78, 5) is 8.69. The van der Waals surface area contributed by atoms with Gasteiger partial charge in [-0.05, 0) is 27.1 Å². The Bertz CT molecular complexity index is 724. The Morgan fingerprint density at radius 1 is 1.20 bits per heavy atom. The molecule has 0 atom stereocenters. The molecule has 0 unspecified atom stereocenters. The molecule has 0 aliphatic heterocycles. The van der Waals surface area contributed by atoms with Gasteiger partial charge in [-0.1, -0.05) is 24.3 Å². The topological polar surface area (TPSA) is 62.5 Å². The zero-order chi connectivity index (χ0) is 13.9. The number of aromatic nitrogens is 3. The molecule has 0 aliphatic rings. The van der Waals surface area contributed by atoms with Gasteiger partial charge in [0, 0.05) is 25.1 Å². The number of hydrogen-bond acceptors (Lipinski definition) is 4. The van der Waals surface area contributed by atoms with E-state index >= 15 is 0 Å². The number of halogens is 1. The van der Waals surface area contributed by atoms with E-state index < -0.39 is 0 Å². The summed E-state index contributed by atoms with van der Waals surface area (Å²) in [6.07, 6.45) is 5.48. The summed E-state index contributed by atoms with van der Waals surface area (Å²) in [7, 11) is 0. The predicted octanol–water partition coefficient (Wildman–Crippen LogP) is 2.60. The molecule has 6 heteroatoms. The van der Waals surface area contributed by atoms with E-state index in [0.29, 0.717) is 6.54 Å². The maximum absolute atomic E-state index is 9.02. The minimum atomic E-state index is 0.0651. The number of rotatable bonds is 4. The highest BCUT2D eigenvalue weighted by Crippen LogP contribution is 2.17. The van der Waals surface area contributed by atoms with Gasteiger partial charge in [-0.15, -0.1) is 0 Å². The van der Waals surface area contributed by atoms with Gasteiger partial charge in [0.05, 0.1) is 6.61 Å². The average molecular weight is 333 g/mol. The summed E-state index contributed by atoms with van der Waals surface area (Å²) < 4.78 is 2.66. The van der Waals surface area contributed by atoms with Crippen LogP contribution in [0.2, 0.25) is 0 Å².